The molecule has 0 spiro atoms. The largest absolute Gasteiger partial charge is 0.497 e. The van der Waals surface area contributed by atoms with E-state index < -0.39 is 12.1 Å². The van der Waals surface area contributed by atoms with Gasteiger partial charge in [-0.15, -0.1) is 0 Å². The summed E-state index contributed by atoms with van der Waals surface area (Å²) in [6, 6.07) is 6.68. The summed E-state index contributed by atoms with van der Waals surface area (Å²) >= 11 is 0. The quantitative estimate of drug-likeness (QED) is 0.858. The third-order valence-electron chi connectivity index (χ3n) is 3.39. The van der Waals surface area contributed by atoms with Gasteiger partial charge in [0.1, 0.15) is 5.75 Å². The molecule has 1 aromatic heterocycles. The number of nitrogens with zero attached hydrogens (tertiary/aromatic N) is 4. The molecule has 0 bridgehead atoms. The second kappa shape index (κ2) is 7.47. The van der Waals surface area contributed by atoms with Crippen LogP contribution in [-0.4, -0.2) is 46.5 Å². The van der Waals surface area contributed by atoms with Crippen LogP contribution in [0.25, 0.3) is 11.4 Å². The number of methoxy groups -OCH3 is 1. The Balaban J connectivity index is 1.60. The molecule has 0 fully saturated rings. The predicted molar refractivity (Wildman–Crippen MR) is 91.5 cm³/mol. The third kappa shape index (κ3) is 4.04. The minimum Gasteiger partial charge on any atom is -0.497 e. The van der Waals surface area contributed by atoms with Gasteiger partial charge >= 0.3 is 12.1 Å². The highest BCUT2D eigenvalue weighted by Gasteiger charge is 2.21. The molecule has 26 heavy (non-hydrogen) atoms. The number of hydrazone groups is 1. The Morgan fingerprint density at radius 1 is 1.19 bits per heavy atom. The molecule has 0 radical (unpaired) electrons. The van der Waals surface area contributed by atoms with E-state index in [0.717, 1.165) is 16.3 Å². The summed E-state index contributed by atoms with van der Waals surface area (Å²) < 4.78 is 10.2. The number of hydrogen-bond donors (Lipinski definition) is 2. The van der Waals surface area contributed by atoms with Crippen LogP contribution in [0.1, 0.15) is 6.92 Å². The molecule has 0 saturated carbocycles. The second-order valence-electron chi connectivity index (χ2n) is 5.32. The van der Waals surface area contributed by atoms with Crippen molar-refractivity contribution in [2.75, 3.05) is 13.7 Å². The molecule has 0 aliphatic carbocycles. The van der Waals surface area contributed by atoms with Crippen molar-refractivity contribution in [2.24, 2.45) is 5.10 Å². The van der Waals surface area contributed by atoms with E-state index in [4.69, 9.17) is 9.47 Å². The van der Waals surface area contributed by atoms with Crippen molar-refractivity contribution in [3.63, 3.8) is 0 Å². The zero-order valence-corrected chi connectivity index (χ0v) is 14.1. The van der Waals surface area contributed by atoms with Crippen LogP contribution in [0.3, 0.4) is 0 Å². The summed E-state index contributed by atoms with van der Waals surface area (Å²) in [7, 11) is 1.59. The topological polar surface area (TPSA) is 118 Å². The number of amides is 3. The summed E-state index contributed by atoms with van der Waals surface area (Å²) in [5.74, 6) is 1.35. The smallest absolute Gasteiger partial charge is 0.431 e. The first-order chi connectivity index (χ1) is 12.5. The van der Waals surface area contributed by atoms with Crippen LogP contribution in [-0.2, 0) is 0 Å². The fraction of sp³-hybridized carbons (Fsp3) is 0.188. The molecule has 1 aliphatic heterocycles. The fourth-order valence-electron chi connectivity index (χ4n) is 2.13. The average molecular weight is 356 g/mol. The van der Waals surface area contributed by atoms with Gasteiger partial charge in [0.2, 0.25) is 0 Å². The molecule has 10 heteroatoms. The molecule has 134 valence electrons. The Labute approximate surface area is 148 Å². The van der Waals surface area contributed by atoms with Crippen LogP contribution in [0.4, 0.5) is 9.59 Å². The van der Waals surface area contributed by atoms with Crippen molar-refractivity contribution in [1.82, 2.24) is 25.8 Å². The lowest BCUT2D eigenvalue weighted by molar-refractivity contribution is 0.151. The molecular weight excluding hydrogens is 340 g/mol. The third-order valence-corrected chi connectivity index (χ3v) is 3.39. The van der Waals surface area contributed by atoms with Crippen LogP contribution in [0.15, 0.2) is 41.8 Å². The number of carbonyl (C=O) groups excluding carboxylic acids is 2. The van der Waals surface area contributed by atoms with Gasteiger partial charge in [-0.25, -0.2) is 35.4 Å². The fourth-order valence-corrected chi connectivity index (χ4v) is 2.13. The van der Waals surface area contributed by atoms with E-state index >= 15 is 0 Å². The highest BCUT2D eigenvalue weighted by molar-refractivity contribution is 5.92. The normalized spacial score (nSPS) is 13.5. The number of rotatable bonds is 4. The first-order valence-corrected chi connectivity index (χ1v) is 7.61. The van der Waals surface area contributed by atoms with Gasteiger partial charge in [-0.05, 0) is 31.2 Å². The van der Waals surface area contributed by atoms with E-state index in [1.165, 1.54) is 12.4 Å². The van der Waals surface area contributed by atoms with Gasteiger partial charge in [0.25, 0.3) is 0 Å². The number of hydrogen-bond acceptors (Lipinski definition) is 7. The van der Waals surface area contributed by atoms with Gasteiger partial charge < -0.3 is 9.47 Å². The Bertz CT molecular complexity index is 835. The predicted octanol–water partition coefficient (Wildman–Crippen LogP) is 1.56. The number of benzene rings is 1. The zero-order chi connectivity index (χ0) is 18.5. The molecule has 1 aliphatic rings. The van der Waals surface area contributed by atoms with E-state index in [-0.39, 0.29) is 12.3 Å². The maximum absolute atomic E-state index is 11.9. The van der Waals surface area contributed by atoms with Crippen LogP contribution in [0.2, 0.25) is 0 Å². The zero-order valence-electron chi connectivity index (χ0n) is 14.1. The highest BCUT2D eigenvalue weighted by Crippen LogP contribution is 2.20. The monoisotopic (exact) mass is 356 g/mol. The molecule has 0 unspecified atom stereocenters. The van der Waals surface area contributed by atoms with Gasteiger partial charge in [0.05, 0.1) is 31.8 Å². The lowest BCUT2D eigenvalue weighted by Crippen LogP contribution is -2.54. The summed E-state index contributed by atoms with van der Waals surface area (Å²) in [6.07, 6.45) is 1.90. The first-order valence-electron chi connectivity index (χ1n) is 7.61. The molecule has 3 amide bonds. The number of hydrazine groups is 1. The molecule has 2 aromatic rings. The standard InChI is InChI=1S/C16H16N6O4/c1-10-9-22(15(23)20-19-10)21-16(24)26-13-7-17-14(18-8-13)11-3-5-12(25-2)6-4-11/h3-8H,9H2,1-2H3,(H,20,23)(H,21,24). The van der Waals surface area contributed by atoms with Crippen molar-refractivity contribution in [3.8, 4) is 22.9 Å². The number of nitrogens with one attached hydrogen (secondary N) is 2. The lowest BCUT2D eigenvalue weighted by atomic mass is 10.2. The molecule has 10 nitrogen and oxygen atoms in total. The summed E-state index contributed by atoms with van der Waals surface area (Å²) in [5, 5.41) is 4.81. The minimum absolute atomic E-state index is 0.141. The van der Waals surface area contributed by atoms with Crippen molar-refractivity contribution >= 4 is 17.8 Å². The summed E-state index contributed by atoms with van der Waals surface area (Å²) in [4.78, 5) is 31.8. The maximum atomic E-state index is 11.9. The van der Waals surface area contributed by atoms with Crippen LogP contribution >= 0.6 is 0 Å². The highest BCUT2D eigenvalue weighted by atomic mass is 16.6. The van der Waals surface area contributed by atoms with E-state index in [1.54, 1.807) is 26.2 Å². The summed E-state index contributed by atoms with van der Waals surface area (Å²) in [6.45, 7) is 1.87. The molecule has 3 rings (SSSR count). The van der Waals surface area contributed by atoms with Gasteiger partial charge in [0.15, 0.2) is 11.6 Å². The van der Waals surface area contributed by atoms with Gasteiger partial charge in [-0.2, -0.15) is 5.10 Å². The Kier molecular flexibility index (Phi) is 4.92. The van der Waals surface area contributed by atoms with Crippen LogP contribution in [0.5, 0.6) is 11.5 Å². The Morgan fingerprint density at radius 2 is 1.88 bits per heavy atom. The van der Waals surface area contributed by atoms with Crippen molar-refractivity contribution in [2.45, 2.75) is 6.92 Å². The van der Waals surface area contributed by atoms with Crippen LogP contribution < -0.4 is 20.3 Å². The number of urea groups is 1. The molecule has 2 N–H and O–H groups in total. The number of carbonyl (C=O) groups is 2. The van der Waals surface area contributed by atoms with Gasteiger partial charge in [-0.3, -0.25) is 0 Å². The number of ether oxygens (including phenoxy) is 2. The number of aromatic nitrogens is 2. The Hall–Kier alpha value is -3.69. The average Bonchev–Trinajstić information content (AvgIpc) is 2.65. The van der Waals surface area contributed by atoms with Gasteiger partial charge in [0, 0.05) is 5.56 Å². The maximum Gasteiger partial charge on any atom is 0.431 e. The van der Waals surface area contributed by atoms with Crippen molar-refractivity contribution in [1.29, 1.82) is 0 Å². The van der Waals surface area contributed by atoms with Gasteiger partial charge in [-0.1, -0.05) is 0 Å². The van der Waals surface area contributed by atoms with E-state index in [9.17, 15) is 9.59 Å². The van der Waals surface area contributed by atoms with E-state index in [0.29, 0.717) is 11.5 Å². The van der Waals surface area contributed by atoms with E-state index in [2.05, 4.69) is 25.9 Å². The molecular formula is C16H16N6O4. The molecule has 0 atom stereocenters. The molecule has 1 aromatic carbocycles. The van der Waals surface area contributed by atoms with Crippen molar-refractivity contribution in [3.05, 3.63) is 36.7 Å². The molecule has 0 saturated heterocycles. The second-order valence-corrected chi connectivity index (χ2v) is 5.32. The van der Waals surface area contributed by atoms with Crippen molar-refractivity contribution < 1.29 is 19.1 Å². The minimum atomic E-state index is -0.837. The van der Waals surface area contributed by atoms with E-state index in [1.807, 2.05) is 12.1 Å². The lowest BCUT2D eigenvalue weighted by Gasteiger charge is -2.24. The SMILES string of the molecule is COc1ccc(-c2ncc(OC(=O)NN3CC(C)=NNC3=O)cn2)cc1. The molecule has 2 heterocycles. The van der Waals surface area contributed by atoms with Crippen LogP contribution in [0, 0.1) is 0 Å². The Morgan fingerprint density at radius 3 is 2.54 bits per heavy atom. The summed E-state index contributed by atoms with van der Waals surface area (Å²) in [5.41, 5.74) is 6.00. The first kappa shape index (κ1) is 17.1.